The number of benzene rings is 2. The Morgan fingerprint density at radius 3 is 2.58 bits per heavy atom. The predicted octanol–water partition coefficient (Wildman–Crippen LogP) is 5.42. The molecule has 2 aromatic heterocycles. The summed E-state index contributed by atoms with van der Waals surface area (Å²) >= 11 is 5.98. The quantitative estimate of drug-likeness (QED) is 0.519. The Labute approximate surface area is 154 Å². The predicted molar refractivity (Wildman–Crippen MR) is 100 cm³/mol. The number of nitrogens with one attached hydrogen (secondary N) is 1. The van der Waals surface area contributed by atoms with Crippen molar-refractivity contribution in [2.45, 2.75) is 13.8 Å². The second kappa shape index (κ2) is 6.65. The molecule has 0 atom stereocenters. The van der Waals surface area contributed by atoms with Gasteiger partial charge in [-0.3, -0.25) is 0 Å². The van der Waals surface area contributed by atoms with Crippen LogP contribution in [0.4, 0.5) is 11.7 Å². The van der Waals surface area contributed by atoms with Crippen LogP contribution in [0.2, 0.25) is 5.02 Å². The summed E-state index contributed by atoms with van der Waals surface area (Å²) in [6.45, 7) is 3.80. The number of oxazole rings is 1. The number of aryl methyl sites for hydroxylation is 2. The molecule has 0 aliphatic carbocycles. The van der Waals surface area contributed by atoms with Gasteiger partial charge in [-0.1, -0.05) is 17.7 Å². The molecule has 0 unspecified atom stereocenters. The van der Waals surface area contributed by atoms with E-state index < -0.39 is 0 Å². The smallest absolute Gasteiger partial charge is 0.322 e. The molecule has 0 saturated carbocycles. The number of ether oxygens (including phenoxy) is 1. The van der Waals surface area contributed by atoms with E-state index in [1.165, 1.54) is 0 Å². The highest BCUT2D eigenvalue weighted by molar-refractivity contribution is 6.31. The van der Waals surface area contributed by atoms with E-state index in [2.05, 4.69) is 20.3 Å². The number of halogens is 1. The van der Waals surface area contributed by atoms with Crippen molar-refractivity contribution >= 4 is 34.4 Å². The summed E-state index contributed by atoms with van der Waals surface area (Å²) < 4.78 is 11.4. The van der Waals surface area contributed by atoms with Gasteiger partial charge in [-0.05, 0) is 50.2 Å². The first-order valence-corrected chi connectivity index (χ1v) is 8.36. The van der Waals surface area contributed by atoms with E-state index in [-0.39, 0.29) is 0 Å². The summed E-state index contributed by atoms with van der Waals surface area (Å²) in [6, 6.07) is 15.3. The van der Waals surface area contributed by atoms with Crippen molar-refractivity contribution in [3.63, 3.8) is 0 Å². The first kappa shape index (κ1) is 16.4. The summed E-state index contributed by atoms with van der Waals surface area (Å²) in [5.74, 6) is 0.610. The van der Waals surface area contributed by atoms with Gasteiger partial charge in [-0.15, -0.1) is 0 Å². The lowest BCUT2D eigenvalue weighted by Gasteiger charge is -2.07. The fourth-order valence-electron chi connectivity index (χ4n) is 2.56. The summed E-state index contributed by atoms with van der Waals surface area (Å²) in [5, 5.41) is 3.73. The molecule has 26 heavy (non-hydrogen) atoms. The molecule has 0 aliphatic heterocycles. The van der Waals surface area contributed by atoms with Crippen LogP contribution in [0.25, 0.3) is 11.1 Å². The third kappa shape index (κ3) is 3.60. The van der Waals surface area contributed by atoms with E-state index in [0.717, 1.165) is 17.1 Å². The van der Waals surface area contributed by atoms with Crippen LogP contribution in [0.1, 0.15) is 11.4 Å². The van der Waals surface area contributed by atoms with Gasteiger partial charge in [0.25, 0.3) is 6.01 Å². The maximum Gasteiger partial charge on any atom is 0.322 e. The Hall–Kier alpha value is -3.12. The van der Waals surface area contributed by atoms with E-state index in [0.29, 0.717) is 33.9 Å². The molecule has 2 aromatic carbocycles. The lowest BCUT2D eigenvalue weighted by atomic mass is 10.3. The van der Waals surface area contributed by atoms with E-state index >= 15 is 0 Å². The zero-order chi connectivity index (χ0) is 18.1. The molecule has 1 N–H and O–H groups in total. The Morgan fingerprint density at radius 2 is 1.77 bits per heavy atom. The zero-order valence-electron chi connectivity index (χ0n) is 14.2. The molecule has 0 saturated heterocycles. The molecule has 4 rings (SSSR count). The summed E-state index contributed by atoms with van der Waals surface area (Å²) in [6.07, 6.45) is 0. The van der Waals surface area contributed by atoms with Gasteiger partial charge in [0, 0.05) is 28.2 Å². The minimum Gasteiger partial charge on any atom is -0.424 e. The van der Waals surface area contributed by atoms with Gasteiger partial charge in [0.05, 0.1) is 0 Å². The molecule has 0 bridgehead atoms. The average molecular weight is 367 g/mol. The van der Waals surface area contributed by atoms with Gasteiger partial charge in [-0.25, -0.2) is 9.97 Å². The number of hydrogen-bond donors (Lipinski definition) is 1. The Balaban J connectivity index is 1.56. The summed E-state index contributed by atoms with van der Waals surface area (Å²) in [4.78, 5) is 12.9. The number of rotatable bonds is 4. The maximum atomic E-state index is 5.98. The largest absolute Gasteiger partial charge is 0.424 e. The normalized spacial score (nSPS) is 10.9. The second-order valence-corrected chi connectivity index (χ2v) is 6.26. The molecular formula is C19H15ClN4O2. The standard InChI is InChI=1S/C19H15ClN4O2/c1-11-8-12(2)22-18(21-11)25-15-5-3-4-14(10-15)23-19-24-16-9-13(20)6-7-17(16)26-19/h3-10H,1-2H3,(H,23,24). The number of fused-ring (bicyclic) bond motifs is 1. The first-order chi connectivity index (χ1) is 12.5. The fraction of sp³-hybridized carbons (Fsp3) is 0.105. The van der Waals surface area contributed by atoms with Crippen LogP contribution < -0.4 is 10.1 Å². The van der Waals surface area contributed by atoms with Crippen LogP contribution in [0, 0.1) is 13.8 Å². The maximum absolute atomic E-state index is 5.98. The second-order valence-electron chi connectivity index (χ2n) is 5.82. The third-order valence-corrected chi connectivity index (χ3v) is 3.84. The lowest BCUT2D eigenvalue weighted by molar-refractivity contribution is 0.439. The van der Waals surface area contributed by atoms with Crippen LogP contribution in [-0.2, 0) is 0 Å². The number of nitrogens with zero attached hydrogens (tertiary/aromatic N) is 3. The first-order valence-electron chi connectivity index (χ1n) is 7.98. The molecular weight excluding hydrogens is 352 g/mol. The molecule has 6 nitrogen and oxygen atoms in total. The van der Waals surface area contributed by atoms with E-state index in [1.807, 2.05) is 44.2 Å². The monoisotopic (exact) mass is 366 g/mol. The minimum atomic E-state index is 0.316. The van der Waals surface area contributed by atoms with Crippen molar-refractivity contribution in [1.29, 1.82) is 0 Å². The SMILES string of the molecule is Cc1cc(C)nc(Oc2cccc(Nc3nc4cc(Cl)ccc4o3)c2)n1. The average Bonchev–Trinajstić information content (AvgIpc) is 2.95. The molecule has 0 amide bonds. The van der Waals surface area contributed by atoms with Gasteiger partial charge in [-0.2, -0.15) is 4.98 Å². The van der Waals surface area contributed by atoms with Crippen molar-refractivity contribution in [3.8, 4) is 11.8 Å². The minimum absolute atomic E-state index is 0.316. The molecule has 130 valence electrons. The van der Waals surface area contributed by atoms with Crippen molar-refractivity contribution in [3.05, 3.63) is 64.9 Å². The van der Waals surface area contributed by atoms with Gasteiger partial charge in [0.15, 0.2) is 5.58 Å². The Kier molecular flexibility index (Phi) is 4.18. The summed E-state index contributed by atoms with van der Waals surface area (Å²) in [7, 11) is 0. The molecule has 2 heterocycles. The van der Waals surface area contributed by atoms with Crippen molar-refractivity contribution < 1.29 is 9.15 Å². The zero-order valence-corrected chi connectivity index (χ0v) is 14.9. The lowest BCUT2D eigenvalue weighted by Crippen LogP contribution is -1.96. The van der Waals surface area contributed by atoms with Gasteiger partial charge >= 0.3 is 6.01 Å². The molecule has 0 fully saturated rings. The van der Waals surface area contributed by atoms with Crippen LogP contribution in [0.5, 0.6) is 11.8 Å². The van der Waals surface area contributed by atoms with Crippen LogP contribution in [0.3, 0.4) is 0 Å². The van der Waals surface area contributed by atoms with E-state index in [9.17, 15) is 0 Å². The fourth-order valence-corrected chi connectivity index (χ4v) is 2.73. The van der Waals surface area contributed by atoms with Crippen molar-refractivity contribution in [2.75, 3.05) is 5.32 Å². The van der Waals surface area contributed by atoms with Crippen LogP contribution in [0.15, 0.2) is 52.9 Å². The highest BCUT2D eigenvalue weighted by atomic mass is 35.5. The molecule has 0 spiro atoms. The number of aromatic nitrogens is 3. The summed E-state index contributed by atoms with van der Waals surface area (Å²) in [5.41, 5.74) is 3.83. The van der Waals surface area contributed by atoms with E-state index in [1.54, 1.807) is 18.2 Å². The Bertz CT molecular complexity index is 1070. The van der Waals surface area contributed by atoms with Gasteiger partial charge in [0.1, 0.15) is 11.3 Å². The van der Waals surface area contributed by atoms with Crippen molar-refractivity contribution in [1.82, 2.24) is 15.0 Å². The molecule has 0 radical (unpaired) electrons. The van der Waals surface area contributed by atoms with E-state index in [4.69, 9.17) is 20.8 Å². The van der Waals surface area contributed by atoms with Crippen LogP contribution >= 0.6 is 11.6 Å². The Morgan fingerprint density at radius 1 is 0.962 bits per heavy atom. The number of anilines is 2. The van der Waals surface area contributed by atoms with Gasteiger partial charge < -0.3 is 14.5 Å². The van der Waals surface area contributed by atoms with Crippen molar-refractivity contribution in [2.24, 2.45) is 0 Å². The highest BCUT2D eigenvalue weighted by Crippen LogP contribution is 2.27. The molecule has 4 aromatic rings. The molecule has 7 heteroatoms. The third-order valence-electron chi connectivity index (χ3n) is 3.61. The number of hydrogen-bond acceptors (Lipinski definition) is 6. The molecule has 0 aliphatic rings. The topological polar surface area (TPSA) is 73.1 Å². The van der Waals surface area contributed by atoms with Gasteiger partial charge in [0.2, 0.25) is 0 Å². The van der Waals surface area contributed by atoms with Crippen LogP contribution in [-0.4, -0.2) is 15.0 Å². The highest BCUT2D eigenvalue weighted by Gasteiger charge is 2.08.